The summed E-state index contributed by atoms with van der Waals surface area (Å²) in [7, 11) is 0. The van der Waals surface area contributed by atoms with Crippen LogP contribution >= 0.6 is 0 Å². The fourth-order valence-corrected chi connectivity index (χ4v) is 2.39. The second-order valence-corrected chi connectivity index (χ2v) is 6.10. The van der Waals surface area contributed by atoms with Gasteiger partial charge in [0.2, 0.25) is 5.88 Å². The van der Waals surface area contributed by atoms with Gasteiger partial charge >= 0.3 is 5.97 Å². The van der Waals surface area contributed by atoms with Crippen LogP contribution < -0.4 is 4.74 Å². The maximum atomic E-state index is 11.7. The van der Waals surface area contributed by atoms with Crippen molar-refractivity contribution in [2.75, 3.05) is 6.61 Å². The number of nitrogens with zero attached hydrogens (tertiary/aromatic N) is 1. The molecule has 132 valence electrons. The largest absolute Gasteiger partial charge is 0.475 e. The van der Waals surface area contributed by atoms with Crippen LogP contribution in [0.25, 0.3) is 6.08 Å². The molecule has 0 saturated carbocycles. The van der Waals surface area contributed by atoms with Crippen molar-refractivity contribution in [1.82, 2.24) is 4.98 Å². The van der Waals surface area contributed by atoms with Crippen LogP contribution in [-0.2, 0) is 16.0 Å². The molecule has 0 aliphatic carbocycles. The van der Waals surface area contributed by atoms with E-state index < -0.39 is 0 Å². The van der Waals surface area contributed by atoms with Gasteiger partial charge < -0.3 is 9.47 Å². The zero-order valence-corrected chi connectivity index (χ0v) is 15.3. The fraction of sp³-hybridized carbons (Fsp3) is 0.333. The van der Waals surface area contributed by atoms with Crippen molar-refractivity contribution in [3.63, 3.8) is 0 Å². The molecule has 0 fully saturated rings. The van der Waals surface area contributed by atoms with E-state index in [0.29, 0.717) is 18.1 Å². The van der Waals surface area contributed by atoms with Crippen LogP contribution in [0.3, 0.4) is 0 Å². The first-order valence-corrected chi connectivity index (χ1v) is 8.54. The Hall–Kier alpha value is -2.62. The number of carbonyl (C=O) groups excluding carboxylic acids is 1. The summed E-state index contributed by atoms with van der Waals surface area (Å²) in [6.45, 7) is 7.93. The van der Waals surface area contributed by atoms with Crippen LogP contribution in [0.15, 0.2) is 48.2 Å². The Bertz CT molecular complexity index is 733. The number of carbonyl (C=O) groups is 1. The summed E-state index contributed by atoms with van der Waals surface area (Å²) in [6, 6.07) is 12.0. The molecule has 0 N–H and O–H groups in total. The van der Waals surface area contributed by atoms with E-state index in [1.807, 2.05) is 44.2 Å². The first kappa shape index (κ1) is 18.7. The molecule has 0 saturated heterocycles. The fourth-order valence-electron chi connectivity index (χ4n) is 2.39. The molecule has 0 bridgehead atoms. The highest BCUT2D eigenvalue weighted by atomic mass is 16.5. The van der Waals surface area contributed by atoms with Gasteiger partial charge in [-0.05, 0) is 51.0 Å². The van der Waals surface area contributed by atoms with Crippen molar-refractivity contribution < 1.29 is 14.3 Å². The van der Waals surface area contributed by atoms with E-state index in [4.69, 9.17) is 9.47 Å². The van der Waals surface area contributed by atoms with Gasteiger partial charge in [0, 0.05) is 23.8 Å². The van der Waals surface area contributed by atoms with Crippen LogP contribution in [0.2, 0.25) is 0 Å². The van der Waals surface area contributed by atoms with E-state index in [1.54, 1.807) is 20.0 Å². The van der Waals surface area contributed by atoms with Crippen molar-refractivity contribution in [2.24, 2.45) is 0 Å². The third kappa shape index (κ3) is 5.75. The lowest BCUT2D eigenvalue weighted by molar-refractivity contribution is -0.138. The zero-order chi connectivity index (χ0) is 18.2. The lowest BCUT2D eigenvalue weighted by Crippen LogP contribution is -2.09. The summed E-state index contributed by atoms with van der Waals surface area (Å²) in [5.41, 5.74) is 3.78. The lowest BCUT2D eigenvalue weighted by Gasteiger charge is -2.13. The standard InChI is InChI=1S/C21H25NO3/c1-5-24-21(23)16(4)13-17-8-10-18(11-9-17)14-19-7-6-12-22-20(19)25-15(2)3/h6-13,15H,5,14H2,1-4H3. The molecule has 0 radical (unpaired) electrons. The van der Waals surface area contributed by atoms with Crippen LogP contribution in [0, 0.1) is 0 Å². The molecule has 1 aromatic heterocycles. The summed E-state index contributed by atoms with van der Waals surface area (Å²) in [5, 5.41) is 0. The Morgan fingerprint density at radius 2 is 1.92 bits per heavy atom. The van der Waals surface area contributed by atoms with Crippen LogP contribution in [0.1, 0.15) is 44.4 Å². The van der Waals surface area contributed by atoms with E-state index in [9.17, 15) is 4.79 Å². The van der Waals surface area contributed by atoms with Gasteiger partial charge in [-0.15, -0.1) is 0 Å². The minimum Gasteiger partial charge on any atom is -0.475 e. The molecule has 4 heteroatoms. The van der Waals surface area contributed by atoms with E-state index in [0.717, 1.165) is 23.1 Å². The molecule has 0 atom stereocenters. The highest BCUT2D eigenvalue weighted by Crippen LogP contribution is 2.20. The molecular formula is C21H25NO3. The van der Waals surface area contributed by atoms with Crippen LogP contribution in [0.5, 0.6) is 5.88 Å². The maximum absolute atomic E-state index is 11.7. The van der Waals surface area contributed by atoms with Crippen molar-refractivity contribution in [3.05, 3.63) is 64.9 Å². The average molecular weight is 339 g/mol. The number of pyridine rings is 1. The predicted octanol–water partition coefficient (Wildman–Crippen LogP) is 4.43. The molecule has 1 heterocycles. The third-order valence-electron chi connectivity index (χ3n) is 3.55. The van der Waals surface area contributed by atoms with Crippen molar-refractivity contribution in [3.8, 4) is 5.88 Å². The number of benzene rings is 1. The summed E-state index contributed by atoms with van der Waals surface area (Å²) in [6.07, 6.45) is 4.41. The second-order valence-electron chi connectivity index (χ2n) is 6.10. The number of rotatable bonds is 7. The van der Waals surface area contributed by atoms with Gasteiger partial charge in [0.25, 0.3) is 0 Å². The molecular weight excluding hydrogens is 314 g/mol. The van der Waals surface area contributed by atoms with Crippen molar-refractivity contribution in [2.45, 2.75) is 40.2 Å². The van der Waals surface area contributed by atoms with Crippen LogP contribution in [0.4, 0.5) is 0 Å². The normalized spacial score (nSPS) is 11.5. The SMILES string of the molecule is CCOC(=O)C(C)=Cc1ccc(Cc2cccnc2OC(C)C)cc1. The molecule has 2 rings (SSSR count). The molecule has 0 aliphatic rings. The zero-order valence-electron chi connectivity index (χ0n) is 15.3. The second kappa shape index (κ2) is 9.02. The Morgan fingerprint density at radius 3 is 2.56 bits per heavy atom. The van der Waals surface area contributed by atoms with E-state index in [-0.39, 0.29) is 12.1 Å². The molecule has 0 spiro atoms. The van der Waals surface area contributed by atoms with E-state index in [2.05, 4.69) is 17.1 Å². The summed E-state index contributed by atoms with van der Waals surface area (Å²) < 4.78 is 10.8. The molecule has 4 nitrogen and oxygen atoms in total. The topological polar surface area (TPSA) is 48.4 Å². The molecule has 25 heavy (non-hydrogen) atoms. The highest BCUT2D eigenvalue weighted by molar-refractivity contribution is 5.92. The monoisotopic (exact) mass is 339 g/mol. The van der Waals surface area contributed by atoms with E-state index in [1.165, 1.54) is 0 Å². The number of ether oxygens (including phenoxy) is 2. The Morgan fingerprint density at radius 1 is 1.20 bits per heavy atom. The van der Waals surface area contributed by atoms with Gasteiger partial charge in [-0.1, -0.05) is 30.3 Å². The third-order valence-corrected chi connectivity index (χ3v) is 3.55. The smallest absolute Gasteiger partial charge is 0.333 e. The number of hydrogen-bond donors (Lipinski definition) is 0. The number of esters is 1. The lowest BCUT2D eigenvalue weighted by atomic mass is 10.0. The van der Waals surface area contributed by atoms with Crippen LogP contribution in [-0.4, -0.2) is 23.7 Å². The summed E-state index contributed by atoms with van der Waals surface area (Å²) in [4.78, 5) is 16.0. The quantitative estimate of drug-likeness (QED) is 0.553. The maximum Gasteiger partial charge on any atom is 0.333 e. The first-order chi connectivity index (χ1) is 12.0. The molecule has 0 aliphatic heterocycles. The summed E-state index contributed by atoms with van der Waals surface area (Å²) >= 11 is 0. The highest BCUT2D eigenvalue weighted by Gasteiger charge is 2.08. The van der Waals surface area contributed by atoms with E-state index >= 15 is 0 Å². The van der Waals surface area contributed by atoms with Gasteiger partial charge in [0.1, 0.15) is 0 Å². The van der Waals surface area contributed by atoms with Gasteiger partial charge in [-0.2, -0.15) is 0 Å². The van der Waals surface area contributed by atoms with Gasteiger partial charge in [-0.25, -0.2) is 9.78 Å². The van der Waals surface area contributed by atoms with Crippen molar-refractivity contribution >= 4 is 12.0 Å². The van der Waals surface area contributed by atoms with Crippen molar-refractivity contribution in [1.29, 1.82) is 0 Å². The Labute approximate surface area is 149 Å². The van der Waals surface area contributed by atoms with Gasteiger partial charge in [-0.3, -0.25) is 0 Å². The minimum absolute atomic E-state index is 0.0898. The predicted molar refractivity (Wildman–Crippen MR) is 99.5 cm³/mol. The Balaban J connectivity index is 2.11. The number of hydrogen-bond acceptors (Lipinski definition) is 4. The summed E-state index contributed by atoms with van der Waals surface area (Å²) in [5.74, 6) is 0.400. The number of aromatic nitrogens is 1. The molecule has 2 aromatic rings. The van der Waals surface area contributed by atoms with Gasteiger partial charge in [0.05, 0.1) is 12.7 Å². The molecule has 1 aromatic carbocycles. The average Bonchev–Trinajstić information content (AvgIpc) is 2.58. The minimum atomic E-state index is -0.280. The molecule has 0 unspecified atom stereocenters. The Kier molecular flexibility index (Phi) is 6.75. The molecule has 0 amide bonds. The first-order valence-electron chi connectivity index (χ1n) is 8.54. The van der Waals surface area contributed by atoms with Gasteiger partial charge in [0.15, 0.2) is 0 Å².